The highest BCUT2D eigenvalue weighted by Gasteiger charge is 2.32. The average Bonchev–Trinajstić information content (AvgIpc) is 2.54. The summed E-state index contributed by atoms with van der Waals surface area (Å²) in [6, 6.07) is 5.20. The molecule has 0 spiro atoms. The molecule has 140 valence electrons. The van der Waals surface area contributed by atoms with Crippen LogP contribution in [0.15, 0.2) is 23.1 Å². The summed E-state index contributed by atoms with van der Waals surface area (Å²) in [6.45, 7) is 8.70. The molecule has 0 saturated carbocycles. The summed E-state index contributed by atoms with van der Waals surface area (Å²) in [5, 5.41) is 2.86. The van der Waals surface area contributed by atoms with Crippen molar-refractivity contribution in [3.05, 3.63) is 29.3 Å². The molecule has 3 N–H and O–H groups in total. The van der Waals surface area contributed by atoms with Gasteiger partial charge >= 0.3 is 0 Å². The Hall–Kier alpha value is -1.44. The summed E-state index contributed by atoms with van der Waals surface area (Å²) < 4.78 is 27.1. The first-order valence-electron chi connectivity index (χ1n) is 8.65. The maximum atomic E-state index is 12.8. The maximum absolute atomic E-state index is 12.8. The fourth-order valence-electron chi connectivity index (χ4n) is 2.84. The SMILES string of the molecule is Cc1ccc(S(=O)(=O)N2CCC(C(=O)NCC(C)(C)N)CC2)cc1C. The lowest BCUT2D eigenvalue weighted by atomic mass is 9.96. The third kappa shape index (κ3) is 5.03. The number of carbonyl (C=O) groups excluding carboxylic acids is 1. The van der Waals surface area contributed by atoms with E-state index in [1.807, 2.05) is 33.8 Å². The van der Waals surface area contributed by atoms with E-state index in [1.165, 1.54) is 4.31 Å². The third-order valence-electron chi connectivity index (χ3n) is 4.66. The lowest BCUT2D eigenvalue weighted by Gasteiger charge is -2.31. The first kappa shape index (κ1) is 19.9. The van der Waals surface area contributed by atoms with Crippen LogP contribution in [0.3, 0.4) is 0 Å². The maximum Gasteiger partial charge on any atom is 0.243 e. The average molecular weight is 368 g/mol. The lowest BCUT2D eigenvalue weighted by molar-refractivity contribution is -0.126. The highest BCUT2D eigenvalue weighted by Crippen LogP contribution is 2.25. The number of hydrogen-bond donors (Lipinski definition) is 2. The summed E-state index contributed by atoms with van der Waals surface area (Å²) in [5.41, 5.74) is 7.45. The number of hydrogen-bond acceptors (Lipinski definition) is 4. The Labute approximate surface area is 150 Å². The number of sulfonamides is 1. The third-order valence-corrected chi connectivity index (χ3v) is 6.55. The molecule has 7 heteroatoms. The Bertz CT molecular complexity index is 730. The standard InChI is InChI=1S/C18H29N3O3S/c1-13-5-6-16(11-14(13)2)25(23,24)21-9-7-15(8-10-21)17(22)20-12-18(3,4)19/h5-6,11,15H,7-10,12,19H2,1-4H3,(H,20,22). The van der Waals surface area contributed by atoms with E-state index in [4.69, 9.17) is 5.73 Å². The van der Waals surface area contributed by atoms with Gasteiger partial charge in [0.15, 0.2) is 0 Å². The van der Waals surface area contributed by atoms with Gasteiger partial charge in [-0.25, -0.2) is 8.42 Å². The summed E-state index contributed by atoms with van der Waals surface area (Å²) in [6.07, 6.45) is 1.06. The molecule has 0 aliphatic carbocycles. The van der Waals surface area contributed by atoms with Crippen molar-refractivity contribution in [2.24, 2.45) is 11.7 Å². The van der Waals surface area contributed by atoms with Crippen LogP contribution in [0.4, 0.5) is 0 Å². The molecular formula is C18H29N3O3S. The van der Waals surface area contributed by atoms with Gasteiger partial charge in [0.1, 0.15) is 0 Å². The molecule has 1 fully saturated rings. The number of rotatable bonds is 5. The Kier molecular flexibility index (Phi) is 5.91. The molecular weight excluding hydrogens is 338 g/mol. The molecule has 0 aromatic heterocycles. The van der Waals surface area contributed by atoms with E-state index in [-0.39, 0.29) is 11.8 Å². The largest absolute Gasteiger partial charge is 0.354 e. The smallest absolute Gasteiger partial charge is 0.243 e. The van der Waals surface area contributed by atoms with Crippen LogP contribution in [-0.4, -0.2) is 43.8 Å². The molecule has 25 heavy (non-hydrogen) atoms. The molecule has 0 unspecified atom stereocenters. The zero-order chi connectivity index (χ0) is 18.8. The Morgan fingerprint density at radius 3 is 2.36 bits per heavy atom. The van der Waals surface area contributed by atoms with Crippen LogP contribution in [0.2, 0.25) is 0 Å². The number of piperidine rings is 1. The van der Waals surface area contributed by atoms with Crippen molar-refractivity contribution in [2.75, 3.05) is 19.6 Å². The van der Waals surface area contributed by atoms with Crippen LogP contribution in [-0.2, 0) is 14.8 Å². The summed E-state index contributed by atoms with van der Waals surface area (Å²) >= 11 is 0. The fourth-order valence-corrected chi connectivity index (χ4v) is 4.40. The van der Waals surface area contributed by atoms with Crippen molar-refractivity contribution in [3.63, 3.8) is 0 Å². The highest BCUT2D eigenvalue weighted by molar-refractivity contribution is 7.89. The van der Waals surface area contributed by atoms with Gasteiger partial charge < -0.3 is 11.1 Å². The predicted molar refractivity (Wildman–Crippen MR) is 98.7 cm³/mol. The van der Waals surface area contributed by atoms with Gasteiger partial charge in [-0.15, -0.1) is 0 Å². The Morgan fingerprint density at radius 1 is 1.24 bits per heavy atom. The van der Waals surface area contributed by atoms with E-state index in [9.17, 15) is 13.2 Å². The van der Waals surface area contributed by atoms with E-state index < -0.39 is 15.6 Å². The second kappa shape index (κ2) is 7.43. The first-order valence-corrected chi connectivity index (χ1v) is 10.1. The van der Waals surface area contributed by atoms with Gasteiger partial charge in [0.2, 0.25) is 15.9 Å². The topological polar surface area (TPSA) is 92.5 Å². The van der Waals surface area contributed by atoms with Gasteiger partial charge in [-0.1, -0.05) is 6.07 Å². The van der Waals surface area contributed by atoms with E-state index in [1.54, 1.807) is 12.1 Å². The van der Waals surface area contributed by atoms with E-state index >= 15 is 0 Å². The molecule has 1 aliphatic rings. The second-order valence-electron chi connectivity index (χ2n) is 7.63. The van der Waals surface area contributed by atoms with Crippen molar-refractivity contribution in [1.82, 2.24) is 9.62 Å². The summed E-state index contributed by atoms with van der Waals surface area (Å²) in [7, 11) is -3.50. The van der Waals surface area contributed by atoms with Crippen LogP contribution >= 0.6 is 0 Å². The zero-order valence-corrected chi connectivity index (χ0v) is 16.3. The van der Waals surface area contributed by atoms with E-state index in [2.05, 4.69) is 5.32 Å². The number of nitrogens with zero attached hydrogens (tertiary/aromatic N) is 1. The highest BCUT2D eigenvalue weighted by atomic mass is 32.2. The molecule has 1 aliphatic heterocycles. The van der Waals surface area contributed by atoms with Crippen LogP contribution in [0.25, 0.3) is 0 Å². The van der Waals surface area contributed by atoms with Crippen LogP contribution in [0, 0.1) is 19.8 Å². The molecule has 1 amide bonds. The number of nitrogens with two attached hydrogens (primary N) is 1. The first-order chi connectivity index (χ1) is 11.5. The molecule has 6 nitrogen and oxygen atoms in total. The van der Waals surface area contributed by atoms with Crippen molar-refractivity contribution in [1.29, 1.82) is 0 Å². The monoisotopic (exact) mass is 367 g/mol. The quantitative estimate of drug-likeness (QED) is 0.826. The van der Waals surface area contributed by atoms with Crippen molar-refractivity contribution in [2.45, 2.75) is 51.0 Å². The molecule has 0 bridgehead atoms. The minimum Gasteiger partial charge on any atom is -0.354 e. The zero-order valence-electron chi connectivity index (χ0n) is 15.5. The molecule has 0 radical (unpaired) electrons. The Balaban J connectivity index is 1.99. The molecule has 1 aromatic rings. The summed E-state index contributed by atoms with van der Waals surface area (Å²) in [5.74, 6) is -0.199. The molecule has 0 atom stereocenters. The van der Waals surface area contributed by atoms with Gasteiger partial charge in [0.05, 0.1) is 4.90 Å². The van der Waals surface area contributed by atoms with Gasteiger partial charge in [0.25, 0.3) is 0 Å². The fraction of sp³-hybridized carbons (Fsp3) is 0.611. The van der Waals surface area contributed by atoms with Crippen molar-refractivity contribution >= 4 is 15.9 Å². The number of amides is 1. The predicted octanol–water partition coefficient (Wildman–Crippen LogP) is 1.56. The molecule has 2 rings (SSSR count). The number of benzene rings is 1. The lowest BCUT2D eigenvalue weighted by Crippen LogP contribution is -2.48. The van der Waals surface area contributed by atoms with Gasteiger partial charge in [-0.2, -0.15) is 4.31 Å². The number of aryl methyl sites for hydroxylation is 2. The molecule has 1 aromatic carbocycles. The van der Waals surface area contributed by atoms with E-state index in [0.29, 0.717) is 37.4 Å². The minimum absolute atomic E-state index is 0.0400. The van der Waals surface area contributed by atoms with Gasteiger partial charge in [-0.3, -0.25) is 4.79 Å². The van der Waals surface area contributed by atoms with E-state index in [0.717, 1.165) is 11.1 Å². The molecule has 1 saturated heterocycles. The van der Waals surface area contributed by atoms with Gasteiger partial charge in [0, 0.05) is 31.1 Å². The van der Waals surface area contributed by atoms with Gasteiger partial charge in [-0.05, 0) is 63.8 Å². The van der Waals surface area contributed by atoms with Crippen molar-refractivity contribution < 1.29 is 13.2 Å². The van der Waals surface area contributed by atoms with Crippen LogP contribution in [0.1, 0.15) is 37.8 Å². The van der Waals surface area contributed by atoms with Crippen LogP contribution in [0.5, 0.6) is 0 Å². The summed E-state index contributed by atoms with van der Waals surface area (Å²) in [4.78, 5) is 12.5. The minimum atomic E-state index is -3.50. The normalized spacial score (nSPS) is 17.5. The van der Waals surface area contributed by atoms with Crippen LogP contribution < -0.4 is 11.1 Å². The second-order valence-corrected chi connectivity index (χ2v) is 9.57. The van der Waals surface area contributed by atoms with Crippen molar-refractivity contribution in [3.8, 4) is 0 Å². The number of carbonyl (C=O) groups is 1. The Morgan fingerprint density at radius 2 is 1.84 bits per heavy atom. The number of nitrogens with one attached hydrogen (secondary N) is 1. The molecule has 1 heterocycles.